The molecule has 0 unspecified atom stereocenters. The van der Waals surface area contributed by atoms with Gasteiger partial charge in [-0.05, 0) is 121 Å². The van der Waals surface area contributed by atoms with E-state index in [1.165, 1.54) is 12.5 Å². The van der Waals surface area contributed by atoms with Crippen molar-refractivity contribution in [3.63, 3.8) is 0 Å². The lowest BCUT2D eigenvalue weighted by Gasteiger charge is -2.25. The molecule has 0 heterocycles. The van der Waals surface area contributed by atoms with Gasteiger partial charge in [0.1, 0.15) is 13.0 Å². The lowest BCUT2D eigenvalue weighted by Crippen LogP contribution is -2.17. The first-order valence-electron chi connectivity index (χ1n) is 17.4. The average molecular weight is 693 g/mol. The summed E-state index contributed by atoms with van der Waals surface area (Å²) in [5.74, 6) is -0.0941. The van der Waals surface area contributed by atoms with Crippen molar-refractivity contribution in [3.8, 4) is 0 Å². The lowest BCUT2D eigenvalue weighted by molar-refractivity contribution is -0.114. The third kappa shape index (κ3) is 15.3. The maximum absolute atomic E-state index is 11.8. The fraction of sp³-hybridized carbons (Fsp3) is 0.500. The van der Waals surface area contributed by atoms with E-state index in [1.54, 1.807) is 6.07 Å². The highest BCUT2D eigenvalue weighted by molar-refractivity contribution is 5.91. The summed E-state index contributed by atoms with van der Waals surface area (Å²) in [6.45, 7) is 16.5. The Morgan fingerprint density at radius 1 is 0.780 bits per heavy atom. The molecule has 278 valence electrons. The van der Waals surface area contributed by atoms with Crippen molar-refractivity contribution in [2.45, 2.75) is 104 Å². The predicted octanol–water partition coefficient (Wildman–Crippen LogP) is 6.66. The SMILES string of the molecule is CC(=O)Nc1cc(C(C)(C)C)cc(NCOCc2cccc(C=O)c2)c1CCCCN.CC(C)(C)c1cc(N)c(CCCCN)c(N)c1.CO. The van der Waals surface area contributed by atoms with Crippen molar-refractivity contribution < 1.29 is 19.4 Å². The number of rotatable bonds is 15. The standard InChI is InChI=1S/C25H35N3O3.C14H25N3.CH4O/c1-18(30)28-24-14-21(25(2,3)4)13-23(22(24)10-5-6-11-26)27-17-31-16-20-9-7-8-19(12-20)15-29;1-14(2,3)10-8-12(16)11(13(17)9-10)6-4-5-7-15;1-2/h7-9,12-15,27H,5-6,10-11,16-17,26H2,1-4H3,(H,28,30);8-9H,4-7,15-17H2,1-3H3;2H,1H3. The number of amides is 1. The number of hydrogen-bond acceptors (Lipinski definition) is 9. The largest absolute Gasteiger partial charge is 0.400 e. The molecule has 50 heavy (non-hydrogen) atoms. The van der Waals surface area contributed by atoms with Gasteiger partial charge in [-0.15, -0.1) is 0 Å². The number of benzene rings is 3. The van der Waals surface area contributed by atoms with Crippen LogP contribution in [0.5, 0.6) is 0 Å². The molecular weight excluding hydrogens is 628 g/mol. The topological polar surface area (TPSA) is 192 Å². The quantitative estimate of drug-likeness (QED) is 0.0395. The summed E-state index contributed by atoms with van der Waals surface area (Å²) >= 11 is 0. The van der Waals surface area contributed by atoms with E-state index in [0.29, 0.717) is 25.4 Å². The normalized spacial score (nSPS) is 11.1. The number of carbonyl (C=O) groups excluding carboxylic acids is 2. The number of nitrogens with one attached hydrogen (secondary N) is 2. The Balaban J connectivity index is 0.000000555. The Morgan fingerprint density at radius 3 is 1.80 bits per heavy atom. The van der Waals surface area contributed by atoms with Crippen LogP contribution >= 0.6 is 0 Å². The van der Waals surface area contributed by atoms with Crippen LogP contribution in [0.3, 0.4) is 0 Å². The van der Waals surface area contributed by atoms with E-state index < -0.39 is 0 Å². The van der Waals surface area contributed by atoms with Crippen LogP contribution in [0.4, 0.5) is 22.7 Å². The highest BCUT2D eigenvalue weighted by atomic mass is 16.5. The number of hydrogen-bond donors (Lipinski definition) is 7. The molecule has 0 aliphatic carbocycles. The molecule has 0 radical (unpaired) electrons. The van der Waals surface area contributed by atoms with Crippen LogP contribution in [0, 0.1) is 0 Å². The fourth-order valence-electron chi connectivity index (χ4n) is 5.22. The van der Waals surface area contributed by atoms with Crippen LogP contribution < -0.4 is 33.6 Å². The van der Waals surface area contributed by atoms with Gasteiger partial charge in [0.05, 0.1) is 6.61 Å². The second-order valence-electron chi connectivity index (χ2n) is 14.4. The third-order valence-electron chi connectivity index (χ3n) is 8.09. The number of ether oxygens (including phenoxy) is 1. The Hall–Kier alpha value is -3.96. The first-order chi connectivity index (χ1) is 23.6. The van der Waals surface area contributed by atoms with Crippen LogP contribution in [-0.2, 0) is 39.8 Å². The summed E-state index contributed by atoms with van der Waals surface area (Å²) in [6.07, 6.45) is 6.46. The van der Waals surface area contributed by atoms with Gasteiger partial charge < -0.3 is 43.4 Å². The van der Waals surface area contributed by atoms with Gasteiger partial charge in [-0.2, -0.15) is 0 Å². The molecule has 0 spiro atoms. The molecule has 3 aromatic carbocycles. The average Bonchev–Trinajstić information content (AvgIpc) is 3.05. The zero-order valence-corrected chi connectivity index (χ0v) is 31.7. The molecule has 0 atom stereocenters. The Bertz CT molecular complexity index is 1450. The van der Waals surface area contributed by atoms with Crippen molar-refractivity contribution in [1.29, 1.82) is 0 Å². The number of aldehydes is 1. The lowest BCUT2D eigenvalue weighted by atomic mass is 9.85. The maximum atomic E-state index is 11.8. The van der Waals surface area contributed by atoms with E-state index in [4.69, 9.17) is 32.8 Å². The molecule has 0 fully saturated rings. The van der Waals surface area contributed by atoms with Gasteiger partial charge in [-0.25, -0.2) is 0 Å². The van der Waals surface area contributed by atoms with Crippen LogP contribution in [0.15, 0.2) is 48.5 Å². The van der Waals surface area contributed by atoms with E-state index in [2.05, 4.69) is 64.3 Å². The molecule has 0 aromatic heterocycles. The minimum absolute atomic E-state index is 0.0738. The highest BCUT2D eigenvalue weighted by Gasteiger charge is 2.20. The number of unbranched alkanes of at least 4 members (excludes halogenated alkanes) is 2. The molecule has 0 saturated heterocycles. The molecule has 3 rings (SSSR count). The molecule has 11 N–H and O–H groups in total. The number of aliphatic hydroxyl groups excluding tert-OH is 1. The molecule has 10 heteroatoms. The monoisotopic (exact) mass is 692 g/mol. The smallest absolute Gasteiger partial charge is 0.221 e. The Labute approximate surface area is 300 Å². The number of carbonyl (C=O) groups is 2. The maximum Gasteiger partial charge on any atom is 0.221 e. The van der Waals surface area contributed by atoms with Gasteiger partial charge >= 0.3 is 0 Å². The van der Waals surface area contributed by atoms with Crippen molar-refractivity contribution in [3.05, 3.63) is 81.9 Å². The molecule has 0 saturated carbocycles. The molecule has 3 aromatic rings. The van der Waals surface area contributed by atoms with Crippen LogP contribution in [0.1, 0.15) is 112 Å². The van der Waals surface area contributed by atoms with Gasteiger partial charge in [0, 0.05) is 42.3 Å². The molecule has 0 aliphatic heterocycles. The third-order valence-corrected chi connectivity index (χ3v) is 8.09. The second kappa shape index (κ2) is 22.0. The summed E-state index contributed by atoms with van der Waals surface area (Å²) < 4.78 is 5.82. The van der Waals surface area contributed by atoms with Crippen LogP contribution in [0.2, 0.25) is 0 Å². The highest BCUT2D eigenvalue weighted by Crippen LogP contribution is 2.34. The minimum atomic E-state index is -0.0941. The van der Waals surface area contributed by atoms with Crippen molar-refractivity contribution in [2.75, 3.05) is 49.0 Å². The van der Waals surface area contributed by atoms with Crippen LogP contribution in [-0.4, -0.2) is 44.2 Å². The van der Waals surface area contributed by atoms with Crippen LogP contribution in [0.25, 0.3) is 0 Å². The molecule has 0 aliphatic rings. The van der Waals surface area contributed by atoms with E-state index in [1.807, 2.05) is 30.3 Å². The van der Waals surface area contributed by atoms with Crippen molar-refractivity contribution in [1.82, 2.24) is 0 Å². The van der Waals surface area contributed by atoms with Gasteiger partial charge in [0.15, 0.2) is 0 Å². The summed E-state index contributed by atoms with van der Waals surface area (Å²) in [7, 11) is 1.00. The van der Waals surface area contributed by atoms with Gasteiger partial charge in [-0.1, -0.05) is 59.7 Å². The second-order valence-corrected chi connectivity index (χ2v) is 14.4. The molecule has 1 amide bonds. The molecular formula is C40H64N6O4. The first-order valence-corrected chi connectivity index (χ1v) is 17.4. The van der Waals surface area contributed by atoms with Gasteiger partial charge in [-0.3, -0.25) is 9.59 Å². The summed E-state index contributed by atoms with van der Waals surface area (Å²) in [5, 5.41) is 13.4. The first kappa shape index (κ1) is 44.1. The fourth-order valence-corrected chi connectivity index (χ4v) is 5.22. The number of nitrogen functional groups attached to an aromatic ring is 2. The molecule has 10 nitrogen and oxygen atoms in total. The Morgan fingerprint density at radius 2 is 1.30 bits per heavy atom. The van der Waals surface area contributed by atoms with Crippen molar-refractivity contribution in [2.24, 2.45) is 11.5 Å². The minimum Gasteiger partial charge on any atom is -0.400 e. The van der Waals surface area contributed by atoms with Gasteiger partial charge in [0.25, 0.3) is 0 Å². The number of nitrogens with two attached hydrogens (primary N) is 4. The zero-order chi connectivity index (χ0) is 37.9. The zero-order valence-electron chi connectivity index (χ0n) is 31.7. The summed E-state index contributed by atoms with van der Waals surface area (Å²) in [6, 6.07) is 15.7. The van der Waals surface area contributed by atoms with E-state index in [-0.39, 0.29) is 16.7 Å². The predicted molar refractivity (Wildman–Crippen MR) is 211 cm³/mol. The summed E-state index contributed by atoms with van der Waals surface area (Å²) in [4.78, 5) is 22.8. The van der Waals surface area contributed by atoms with Gasteiger partial charge in [0.2, 0.25) is 5.91 Å². The summed E-state index contributed by atoms with van der Waals surface area (Å²) in [5.41, 5.74) is 32.8. The van der Waals surface area contributed by atoms with E-state index in [0.717, 1.165) is 103 Å². The van der Waals surface area contributed by atoms with Crippen molar-refractivity contribution >= 4 is 34.9 Å². The van der Waals surface area contributed by atoms with E-state index in [9.17, 15) is 9.59 Å². The van der Waals surface area contributed by atoms with E-state index >= 15 is 0 Å². The number of anilines is 4. The Kier molecular flexibility index (Phi) is 19.4. The number of aliphatic hydroxyl groups is 1. The molecule has 0 bridgehead atoms.